The Balaban J connectivity index is 5.20. The van der Waals surface area contributed by atoms with E-state index in [4.69, 9.17) is 37.0 Å². The molecule has 7 atom stereocenters. The van der Waals surface area contributed by atoms with Crippen molar-refractivity contribution in [1.82, 2.24) is 0 Å². The largest absolute Gasteiger partial charge is 0.472 e. The summed E-state index contributed by atoms with van der Waals surface area (Å²) in [6, 6.07) is 0. The molecule has 0 bridgehead atoms. The van der Waals surface area contributed by atoms with Gasteiger partial charge in [0.2, 0.25) is 0 Å². The monoisotopic (exact) mass is 1230 g/mol. The van der Waals surface area contributed by atoms with Gasteiger partial charge in [0, 0.05) is 25.7 Å². The molecule has 0 fully saturated rings. The highest BCUT2D eigenvalue weighted by molar-refractivity contribution is 7.47. The van der Waals surface area contributed by atoms with E-state index >= 15 is 0 Å². The summed E-state index contributed by atoms with van der Waals surface area (Å²) in [7, 11) is -9.88. The Hall–Kier alpha value is -1.94. The number of esters is 4. The molecule has 19 heteroatoms. The first-order valence-electron chi connectivity index (χ1n) is 33.6. The van der Waals surface area contributed by atoms with Crippen molar-refractivity contribution < 1.29 is 80.2 Å². The number of hydrogen-bond donors (Lipinski definition) is 3. The summed E-state index contributed by atoms with van der Waals surface area (Å²) in [4.78, 5) is 72.1. The van der Waals surface area contributed by atoms with E-state index in [1.165, 1.54) is 116 Å². The molecular formula is C64H124O17P2. The standard InChI is InChI=1S/C64H124O17P2/c1-7-11-13-15-17-18-19-20-21-22-23-24-25-27-36-42-48-63(68)80-59(53-75-62(67)47-41-35-30-28-32-38-44-56(5)9-3)54-78-82(70,71)76-50-58(65)51-77-83(72,73)79-55-60(52-74-61(66)46-40-34-26-16-14-12-8-2)81-64(69)49-43-37-31-29-33-39-45-57(6)10-4/h56-60,65H,7-55H2,1-6H3,(H,70,71)(H,72,73)/t56?,57?,58-,59-,60-/m1/s1. The van der Waals surface area contributed by atoms with Gasteiger partial charge in [-0.15, -0.1) is 0 Å². The summed E-state index contributed by atoms with van der Waals surface area (Å²) in [5.41, 5.74) is 0. The Morgan fingerprint density at radius 2 is 0.578 bits per heavy atom. The van der Waals surface area contributed by atoms with E-state index < -0.39 is 97.5 Å². The van der Waals surface area contributed by atoms with E-state index in [-0.39, 0.29) is 25.7 Å². The number of aliphatic hydroxyl groups is 1. The lowest BCUT2D eigenvalue weighted by Crippen LogP contribution is -2.30. The molecule has 0 amide bonds. The van der Waals surface area contributed by atoms with Crippen LogP contribution in [0, 0.1) is 11.8 Å². The van der Waals surface area contributed by atoms with Gasteiger partial charge in [0.1, 0.15) is 19.3 Å². The first-order valence-corrected chi connectivity index (χ1v) is 36.6. The van der Waals surface area contributed by atoms with Crippen molar-refractivity contribution in [3.05, 3.63) is 0 Å². The minimum atomic E-state index is -4.94. The summed E-state index contributed by atoms with van der Waals surface area (Å²) in [5.74, 6) is -0.689. The fourth-order valence-corrected chi connectivity index (χ4v) is 11.0. The Kier molecular flexibility index (Phi) is 55.2. The van der Waals surface area contributed by atoms with Crippen molar-refractivity contribution in [3.63, 3.8) is 0 Å². The van der Waals surface area contributed by atoms with E-state index in [0.29, 0.717) is 25.7 Å². The molecule has 0 saturated heterocycles. The Morgan fingerprint density at radius 3 is 0.855 bits per heavy atom. The lowest BCUT2D eigenvalue weighted by Gasteiger charge is -2.21. The summed E-state index contributed by atoms with van der Waals surface area (Å²) in [5, 5.41) is 10.5. The van der Waals surface area contributed by atoms with Crippen LogP contribution in [0.5, 0.6) is 0 Å². The summed E-state index contributed by atoms with van der Waals surface area (Å²) >= 11 is 0. The Morgan fingerprint density at radius 1 is 0.337 bits per heavy atom. The zero-order valence-electron chi connectivity index (χ0n) is 53.5. The van der Waals surface area contributed by atoms with Crippen LogP contribution in [0.1, 0.15) is 318 Å². The number of phosphoric ester groups is 2. The van der Waals surface area contributed by atoms with Crippen LogP contribution in [0.15, 0.2) is 0 Å². The molecule has 0 aliphatic carbocycles. The first-order chi connectivity index (χ1) is 39.9. The maximum atomic E-state index is 13.0. The van der Waals surface area contributed by atoms with Gasteiger partial charge in [0.15, 0.2) is 12.2 Å². The fourth-order valence-electron chi connectivity index (χ4n) is 9.47. The second kappa shape index (κ2) is 56.6. The third-order valence-corrected chi connectivity index (χ3v) is 17.3. The summed E-state index contributed by atoms with van der Waals surface area (Å²) in [6.45, 7) is 9.37. The van der Waals surface area contributed by atoms with Crippen molar-refractivity contribution in [1.29, 1.82) is 0 Å². The van der Waals surface area contributed by atoms with Crippen LogP contribution in [0.3, 0.4) is 0 Å². The van der Waals surface area contributed by atoms with E-state index in [1.54, 1.807) is 0 Å². The molecule has 492 valence electrons. The van der Waals surface area contributed by atoms with E-state index in [2.05, 4.69) is 41.5 Å². The number of rotatable bonds is 63. The smallest absolute Gasteiger partial charge is 0.462 e. The van der Waals surface area contributed by atoms with Gasteiger partial charge in [0.25, 0.3) is 0 Å². The van der Waals surface area contributed by atoms with E-state index in [9.17, 15) is 43.2 Å². The molecule has 0 aromatic rings. The number of hydrogen-bond acceptors (Lipinski definition) is 15. The van der Waals surface area contributed by atoms with Crippen LogP contribution in [0.4, 0.5) is 0 Å². The topological polar surface area (TPSA) is 237 Å². The summed E-state index contributed by atoms with van der Waals surface area (Å²) < 4.78 is 67.9. The van der Waals surface area contributed by atoms with Gasteiger partial charge in [-0.05, 0) is 37.5 Å². The molecule has 0 aliphatic rings. The van der Waals surface area contributed by atoms with E-state index in [0.717, 1.165) is 121 Å². The Bertz CT molecular complexity index is 1640. The van der Waals surface area contributed by atoms with Crippen molar-refractivity contribution in [2.75, 3.05) is 39.6 Å². The molecule has 0 aliphatic heterocycles. The van der Waals surface area contributed by atoms with Gasteiger partial charge in [-0.25, -0.2) is 9.13 Å². The van der Waals surface area contributed by atoms with Crippen molar-refractivity contribution in [3.8, 4) is 0 Å². The average Bonchev–Trinajstić information content (AvgIpc) is 3.47. The minimum absolute atomic E-state index is 0.102. The zero-order valence-corrected chi connectivity index (χ0v) is 55.3. The molecule has 3 N–H and O–H groups in total. The lowest BCUT2D eigenvalue weighted by molar-refractivity contribution is -0.161. The molecule has 83 heavy (non-hydrogen) atoms. The van der Waals surface area contributed by atoms with Crippen LogP contribution in [-0.2, 0) is 65.4 Å². The van der Waals surface area contributed by atoms with E-state index in [1.807, 2.05) is 0 Å². The van der Waals surface area contributed by atoms with Gasteiger partial charge in [-0.1, -0.05) is 266 Å². The van der Waals surface area contributed by atoms with Crippen LogP contribution in [0.25, 0.3) is 0 Å². The lowest BCUT2D eigenvalue weighted by atomic mass is 10.00. The summed E-state index contributed by atoms with van der Waals surface area (Å²) in [6.07, 6.45) is 39.1. The molecule has 0 rings (SSSR count). The third-order valence-electron chi connectivity index (χ3n) is 15.4. The zero-order chi connectivity index (χ0) is 61.5. The number of phosphoric acid groups is 2. The number of unbranched alkanes of at least 4 members (excludes halogenated alkanes) is 31. The highest BCUT2D eigenvalue weighted by Crippen LogP contribution is 2.45. The second-order valence-corrected chi connectivity index (χ2v) is 26.5. The molecule has 0 heterocycles. The predicted molar refractivity (Wildman–Crippen MR) is 331 cm³/mol. The molecule has 0 aromatic heterocycles. The number of ether oxygens (including phenoxy) is 4. The maximum absolute atomic E-state index is 13.0. The van der Waals surface area contributed by atoms with Crippen LogP contribution in [-0.4, -0.2) is 96.7 Å². The molecule has 17 nitrogen and oxygen atoms in total. The van der Waals surface area contributed by atoms with Crippen molar-refractivity contribution in [2.45, 2.75) is 336 Å². The Labute approximate surface area is 505 Å². The number of carbonyl (C=O) groups is 4. The fraction of sp³-hybridized carbons (Fsp3) is 0.938. The molecule has 0 saturated carbocycles. The van der Waals surface area contributed by atoms with Crippen molar-refractivity contribution >= 4 is 39.5 Å². The number of carbonyl (C=O) groups excluding carboxylic acids is 4. The van der Waals surface area contributed by atoms with Crippen LogP contribution < -0.4 is 0 Å². The quantitative estimate of drug-likeness (QED) is 0.0222. The molecule has 4 unspecified atom stereocenters. The molecule has 0 aromatic carbocycles. The number of aliphatic hydroxyl groups excluding tert-OH is 1. The van der Waals surface area contributed by atoms with Gasteiger partial charge in [-0.3, -0.25) is 37.3 Å². The first kappa shape index (κ1) is 81.1. The second-order valence-electron chi connectivity index (χ2n) is 23.6. The minimum Gasteiger partial charge on any atom is -0.462 e. The molecular weight excluding hydrogens is 1100 g/mol. The van der Waals surface area contributed by atoms with Gasteiger partial charge >= 0.3 is 39.5 Å². The third kappa shape index (κ3) is 56.3. The predicted octanol–water partition coefficient (Wildman–Crippen LogP) is 17.7. The van der Waals surface area contributed by atoms with Crippen LogP contribution in [0.2, 0.25) is 0 Å². The highest BCUT2D eigenvalue weighted by atomic mass is 31.2. The van der Waals surface area contributed by atoms with Gasteiger partial charge in [0.05, 0.1) is 26.4 Å². The normalized spacial score (nSPS) is 15.0. The highest BCUT2D eigenvalue weighted by Gasteiger charge is 2.30. The maximum Gasteiger partial charge on any atom is 0.472 e. The molecule has 0 radical (unpaired) electrons. The van der Waals surface area contributed by atoms with Gasteiger partial charge in [-0.2, -0.15) is 0 Å². The molecule has 0 spiro atoms. The van der Waals surface area contributed by atoms with Crippen LogP contribution >= 0.6 is 15.6 Å². The van der Waals surface area contributed by atoms with Gasteiger partial charge < -0.3 is 33.8 Å². The SMILES string of the molecule is CCCCCCCCCCCCCCCCCCC(=O)O[C@H](COC(=O)CCCCCCCCC(C)CC)COP(=O)(O)OC[C@@H](O)COP(=O)(O)OC[C@@H](COC(=O)CCCCCCCCC)OC(=O)CCCCCCCCC(C)CC. The average molecular weight is 1230 g/mol. The van der Waals surface area contributed by atoms with Crippen molar-refractivity contribution in [2.24, 2.45) is 11.8 Å².